The summed E-state index contributed by atoms with van der Waals surface area (Å²) in [6, 6.07) is 8.45. The maximum absolute atomic E-state index is 10.8. The molecule has 0 saturated heterocycles. The van der Waals surface area contributed by atoms with Crippen LogP contribution in [-0.4, -0.2) is 11.5 Å². The van der Waals surface area contributed by atoms with Crippen molar-refractivity contribution in [3.63, 3.8) is 0 Å². The number of nitrogens with one attached hydrogen (secondary N) is 1. The molecule has 0 unspecified atom stereocenters. The Kier molecular flexibility index (Phi) is 3.83. The number of anilines is 1. The highest BCUT2D eigenvalue weighted by Crippen LogP contribution is 2.13. The van der Waals surface area contributed by atoms with Crippen molar-refractivity contribution in [3.8, 4) is 6.07 Å². The molecule has 1 aromatic carbocycles. The molecule has 0 aliphatic carbocycles. The van der Waals surface area contributed by atoms with E-state index in [1.54, 1.807) is 30.3 Å². The van der Waals surface area contributed by atoms with E-state index >= 15 is 0 Å². The van der Waals surface area contributed by atoms with Gasteiger partial charge in [0, 0.05) is 11.9 Å². The van der Waals surface area contributed by atoms with Gasteiger partial charge in [-0.05, 0) is 24.3 Å². The lowest BCUT2D eigenvalue weighted by atomic mass is 10.3. The molecule has 15 heavy (non-hydrogen) atoms. The molecular formula is C10H8ClN3O. The molecule has 0 radical (unpaired) electrons. The largest absolute Gasteiger partial charge is 0.292 e. The van der Waals surface area contributed by atoms with Gasteiger partial charge in [-0.3, -0.25) is 10.2 Å². The number of halogens is 1. The van der Waals surface area contributed by atoms with E-state index in [9.17, 15) is 4.79 Å². The molecule has 0 fully saturated rings. The molecule has 0 bridgehead atoms. The van der Waals surface area contributed by atoms with Crippen LogP contribution in [0.1, 0.15) is 6.92 Å². The van der Waals surface area contributed by atoms with Crippen LogP contribution in [0.5, 0.6) is 0 Å². The van der Waals surface area contributed by atoms with Crippen molar-refractivity contribution in [2.75, 3.05) is 5.43 Å². The van der Waals surface area contributed by atoms with Gasteiger partial charge in [0.2, 0.25) is 5.71 Å². The van der Waals surface area contributed by atoms with Crippen molar-refractivity contribution in [3.05, 3.63) is 29.3 Å². The second kappa shape index (κ2) is 5.13. The second-order valence-corrected chi connectivity index (χ2v) is 3.18. The van der Waals surface area contributed by atoms with E-state index in [0.29, 0.717) is 10.7 Å². The molecule has 0 aliphatic rings. The Morgan fingerprint density at radius 2 is 2.07 bits per heavy atom. The highest BCUT2D eigenvalue weighted by atomic mass is 35.5. The Hall–Kier alpha value is -1.86. The van der Waals surface area contributed by atoms with E-state index < -0.39 is 0 Å². The summed E-state index contributed by atoms with van der Waals surface area (Å²) in [5.41, 5.74) is 3.09. The fourth-order valence-corrected chi connectivity index (χ4v) is 0.953. The molecule has 5 heteroatoms. The highest BCUT2D eigenvalue weighted by molar-refractivity contribution is 6.45. The number of carbonyl (C=O) groups excluding carboxylic acids is 1. The van der Waals surface area contributed by atoms with E-state index in [0.717, 1.165) is 0 Å². The lowest BCUT2D eigenvalue weighted by molar-refractivity contribution is -0.110. The second-order valence-electron chi connectivity index (χ2n) is 2.75. The van der Waals surface area contributed by atoms with Crippen LogP contribution in [0.3, 0.4) is 0 Å². The number of ketones is 1. The van der Waals surface area contributed by atoms with Crippen LogP contribution in [0.25, 0.3) is 0 Å². The van der Waals surface area contributed by atoms with Gasteiger partial charge in [0.1, 0.15) is 6.07 Å². The summed E-state index contributed by atoms with van der Waals surface area (Å²) in [5.74, 6) is -0.376. The number of hydrazone groups is 1. The Labute approximate surface area is 92.2 Å². The summed E-state index contributed by atoms with van der Waals surface area (Å²) in [6.07, 6.45) is 0. The van der Waals surface area contributed by atoms with Crippen LogP contribution in [-0.2, 0) is 4.79 Å². The van der Waals surface area contributed by atoms with Gasteiger partial charge in [0.15, 0.2) is 5.78 Å². The van der Waals surface area contributed by atoms with E-state index in [2.05, 4.69) is 10.5 Å². The first-order valence-corrected chi connectivity index (χ1v) is 4.51. The third-order valence-electron chi connectivity index (χ3n) is 1.58. The maximum atomic E-state index is 10.8. The Balaban J connectivity index is 2.76. The number of hydrogen-bond donors (Lipinski definition) is 1. The molecule has 4 nitrogen and oxygen atoms in total. The minimum absolute atomic E-state index is 0.162. The Bertz CT molecular complexity index is 431. The van der Waals surface area contributed by atoms with Crippen LogP contribution < -0.4 is 5.43 Å². The number of hydrogen-bond acceptors (Lipinski definition) is 4. The average molecular weight is 222 g/mol. The van der Waals surface area contributed by atoms with Crippen LogP contribution in [0.15, 0.2) is 29.4 Å². The van der Waals surface area contributed by atoms with Crippen molar-refractivity contribution < 1.29 is 4.79 Å². The number of rotatable bonds is 3. The van der Waals surface area contributed by atoms with Gasteiger partial charge in [0.25, 0.3) is 0 Å². The SMILES string of the molecule is CC(=O)C(C#N)=NNc1ccc(Cl)cc1. The lowest BCUT2D eigenvalue weighted by Crippen LogP contribution is -2.09. The van der Waals surface area contributed by atoms with E-state index in [-0.39, 0.29) is 11.5 Å². The van der Waals surface area contributed by atoms with E-state index in [1.807, 2.05) is 0 Å². The summed E-state index contributed by atoms with van der Waals surface area (Å²) < 4.78 is 0. The minimum Gasteiger partial charge on any atom is -0.292 e. The first-order chi connectivity index (χ1) is 7.13. The topological polar surface area (TPSA) is 65.2 Å². The first-order valence-electron chi connectivity index (χ1n) is 4.14. The highest BCUT2D eigenvalue weighted by Gasteiger charge is 2.03. The summed E-state index contributed by atoms with van der Waals surface area (Å²) in [4.78, 5) is 10.8. The number of carbonyl (C=O) groups is 1. The molecule has 1 N–H and O–H groups in total. The van der Waals surface area contributed by atoms with Crippen molar-refractivity contribution >= 4 is 28.8 Å². The van der Waals surface area contributed by atoms with Gasteiger partial charge in [-0.15, -0.1) is 0 Å². The summed E-state index contributed by atoms with van der Waals surface area (Å²) >= 11 is 5.68. The molecule has 1 aromatic rings. The predicted molar refractivity (Wildman–Crippen MR) is 58.8 cm³/mol. The summed E-state index contributed by atoms with van der Waals surface area (Å²) in [7, 11) is 0. The fraction of sp³-hybridized carbons (Fsp3) is 0.100. The Morgan fingerprint density at radius 3 is 2.53 bits per heavy atom. The number of nitrogens with zero attached hydrogens (tertiary/aromatic N) is 2. The van der Waals surface area contributed by atoms with Gasteiger partial charge in [-0.2, -0.15) is 10.4 Å². The van der Waals surface area contributed by atoms with Crippen molar-refractivity contribution in [2.24, 2.45) is 5.10 Å². The molecule has 76 valence electrons. The molecule has 0 aliphatic heterocycles. The molecule has 0 spiro atoms. The number of benzene rings is 1. The summed E-state index contributed by atoms with van der Waals surface area (Å²) in [6.45, 7) is 1.28. The van der Waals surface area contributed by atoms with E-state index in [1.165, 1.54) is 6.92 Å². The van der Waals surface area contributed by atoms with Crippen LogP contribution in [0.2, 0.25) is 5.02 Å². The zero-order chi connectivity index (χ0) is 11.3. The van der Waals surface area contributed by atoms with E-state index in [4.69, 9.17) is 16.9 Å². The smallest absolute Gasteiger partial charge is 0.203 e. The maximum Gasteiger partial charge on any atom is 0.203 e. The molecule has 0 heterocycles. The van der Waals surface area contributed by atoms with Crippen LogP contribution in [0.4, 0.5) is 5.69 Å². The third kappa shape index (κ3) is 3.41. The van der Waals surface area contributed by atoms with Gasteiger partial charge in [0.05, 0.1) is 5.69 Å². The molecule has 0 amide bonds. The van der Waals surface area contributed by atoms with Gasteiger partial charge >= 0.3 is 0 Å². The molecule has 0 saturated carbocycles. The fourth-order valence-electron chi connectivity index (χ4n) is 0.827. The van der Waals surface area contributed by atoms with Crippen molar-refractivity contribution in [2.45, 2.75) is 6.92 Å². The quantitative estimate of drug-likeness (QED) is 0.629. The van der Waals surface area contributed by atoms with Crippen molar-refractivity contribution in [1.29, 1.82) is 5.26 Å². The minimum atomic E-state index is -0.376. The zero-order valence-corrected chi connectivity index (χ0v) is 8.75. The first kappa shape index (κ1) is 11.2. The van der Waals surface area contributed by atoms with Gasteiger partial charge in [-0.1, -0.05) is 11.6 Å². The van der Waals surface area contributed by atoms with Crippen molar-refractivity contribution in [1.82, 2.24) is 0 Å². The standard InChI is InChI=1S/C10H8ClN3O/c1-7(15)10(6-12)14-13-9-4-2-8(11)3-5-9/h2-5,13H,1H3. The normalized spacial score (nSPS) is 10.6. The van der Waals surface area contributed by atoms with Gasteiger partial charge < -0.3 is 0 Å². The molecule has 1 rings (SSSR count). The lowest BCUT2D eigenvalue weighted by Gasteiger charge is -1.99. The molecular weight excluding hydrogens is 214 g/mol. The predicted octanol–water partition coefficient (Wildman–Crippen LogP) is 2.22. The van der Waals surface area contributed by atoms with Gasteiger partial charge in [-0.25, -0.2) is 0 Å². The zero-order valence-electron chi connectivity index (χ0n) is 7.99. The number of nitriles is 1. The molecule has 0 aromatic heterocycles. The van der Waals surface area contributed by atoms with Crippen LogP contribution >= 0.6 is 11.6 Å². The Morgan fingerprint density at radius 1 is 1.47 bits per heavy atom. The molecule has 0 atom stereocenters. The number of Topliss-reactive ketones (excluding diaryl/α,β-unsaturated/α-hetero) is 1. The monoisotopic (exact) mass is 221 g/mol. The summed E-state index contributed by atoms with van der Waals surface area (Å²) in [5, 5.41) is 12.8. The third-order valence-corrected chi connectivity index (χ3v) is 1.83. The average Bonchev–Trinajstić information content (AvgIpc) is 2.21. The van der Waals surface area contributed by atoms with Crippen LogP contribution in [0, 0.1) is 11.3 Å².